The molecule has 0 bridgehead atoms. The summed E-state index contributed by atoms with van der Waals surface area (Å²) in [5, 5.41) is -0.0434. The Kier molecular flexibility index (Phi) is 7.93. The van der Waals surface area contributed by atoms with E-state index in [1.165, 1.54) is 37.5 Å². The van der Waals surface area contributed by atoms with Gasteiger partial charge in [0.25, 0.3) is 10.0 Å². The Hall–Kier alpha value is -1.71. The van der Waals surface area contributed by atoms with Gasteiger partial charge < -0.3 is 0 Å². The van der Waals surface area contributed by atoms with Gasteiger partial charge in [0.2, 0.25) is 10.0 Å². The van der Waals surface area contributed by atoms with E-state index in [2.05, 4.69) is 9.44 Å². The van der Waals surface area contributed by atoms with Crippen LogP contribution in [0.2, 0.25) is 0 Å². The van der Waals surface area contributed by atoms with E-state index in [4.69, 9.17) is 0 Å². The fraction of sp³-hybridized carbons (Fsp3) is 0.455. The maximum Gasteiger partial charge on any atom is 0.261 e. The number of benzene rings is 2. The van der Waals surface area contributed by atoms with E-state index in [1.54, 1.807) is 36.9 Å². The number of hydrogen-bond donors (Lipinski definition) is 2. The van der Waals surface area contributed by atoms with Crippen molar-refractivity contribution in [3.05, 3.63) is 54.1 Å². The molecule has 1 aliphatic rings. The minimum absolute atomic E-state index is 0.00231. The fourth-order valence-corrected chi connectivity index (χ4v) is 7.34. The van der Waals surface area contributed by atoms with E-state index in [0.717, 1.165) is 18.4 Å². The second kappa shape index (κ2) is 10.3. The molecule has 0 spiro atoms. The van der Waals surface area contributed by atoms with E-state index in [1.807, 2.05) is 19.1 Å². The average molecular weight is 483 g/mol. The minimum Gasteiger partial charge on any atom is -0.283 e. The first kappa shape index (κ1) is 23.9. The van der Waals surface area contributed by atoms with Crippen molar-refractivity contribution in [1.82, 2.24) is 0 Å². The van der Waals surface area contributed by atoms with Crippen LogP contribution >= 0.6 is 11.8 Å². The Morgan fingerprint density at radius 3 is 2.29 bits per heavy atom. The van der Waals surface area contributed by atoms with Crippen LogP contribution in [0.5, 0.6) is 0 Å². The SMILES string of the molecule is Cc1ccc(NS(=O)(=O)c2cccc(NS(=O)(=O)C(C)CSC3CCCCC3)c2)cc1. The zero-order valence-corrected chi connectivity index (χ0v) is 20.3. The zero-order valence-electron chi connectivity index (χ0n) is 17.9. The maximum absolute atomic E-state index is 12.8. The molecule has 170 valence electrons. The standard InChI is InChI=1S/C22H30N2O4S3/c1-17-11-13-19(14-12-17)23-31(27,28)22-10-6-7-20(15-22)24-30(25,26)18(2)16-29-21-8-4-3-5-9-21/h6-7,10-15,18,21,23-24H,3-5,8-9,16H2,1-2H3. The molecular weight excluding hydrogens is 452 g/mol. The van der Waals surface area contributed by atoms with E-state index in [9.17, 15) is 16.8 Å². The molecule has 9 heteroatoms. The first-order valence-corrected chi connectivity index (χ1v) is 14.6. The maximum atomic E-state index is 12.8. The van der Waals surface area contributed by atoms with Crippen molar-refractivity contribution in [1.29, 1.82) is 0 Å². The molecular formula is C22H30N2O4S3. The van der Waals surface area contributed by atoms with Crippen LogP contribution in [-0.2, 0) is 20.0 Å². The lowest BCUT2D eigenvalue weighted by atomic mass is 10.0. The molecule has 31 heavy (non-hydrogen) atoms. The Balaban J connectivity index is 1.66. The van der Waals surface area contributed by atoms with Gasteiger partial charge in [-0.05, 0) is 57.0 Å². The summed E-state index contributed by atoms with van der Waals surface area (Å²) in [5.74, 6) is 0.521. The van der Waals surface area contributed by atoms with Crippen LogP contribution in [0.4, 0.5) is 11.4 Å². The average Bonchev–Trinajstić information content (AvgIpc) is 2.74. The van der Waals surface area contributed by atoms with Crippen LogP contribution in [0.1, 0.15) is 44.6 Å². The van der Waals surface area contributed by atoms with Crippen LogP contribution < -0.4 is 9.44 Å². The smallest absolute Gasteiger partial charge is 0.261 e. The normalized spacial score (nSPS) is 16.6. The molecule has 1 saturated carbocycles. The van der Waals surface area contributed by atoms with Gasteiger partial charge in [-0.3, -0.25) is 9.44 Å². The number of nitrogens with one attached hydrogen (secondary N) is 2. The molecule has 6 nitrogen and oxygen atoms in total. The van der Waals surface area contributed by atoms with Gasteiger partial charge in [-0.2, -0.15) is 11.8 Å². The number of aryl methyl sites for hydroxylation is 1. The summed E-state index contributed by atoms with van der Waals surface area (Å²) in [6.45, 7) is 3.61. The highest BCUT2D eigenvalue weighted by Gasteiger charge is 2.24. The summed E-state index contributed by atoms with van der Waals surface area (Å²) in [4.78, 5) is -0.00231. The van der Waals surface area contributed by atoms with Gasteiger partial charge in [-0.15, -0.1) is 0 Å². The summed E-state index contributed by atoms with van der Waals surface area (Å²) in [6.07, 6.45) is 6.01. The van der Waals surface area contributed by atoms with E-state index in [-0.39, 0.29) is 10.6 Å². The van der Waals surface area contributed by atoms with Gasteiger partial charge in [0.05, 0.1) is 10.1 Å². The monoisotopic (exact) mass is 482 g/mol. The molecule has 0 radical (unpaired) electrons. The van der Waals surface area contributed by atoms with Gasteiger partial charge in [0.1, 0.15) is 0 Å². The molecule has 2 N–H and O–H groups in total. The van der Waals surface area contributed by atoms with Gasteiger partial charge in [0, 0.05) is 22.4 Å². The van der Waals surface area contributed by atoms with Gasteiger partial charge >= 0.3 is 0 Å². The number of hydrogen-bond acceptors (Lipinski definition) is 5. The zero-order chi connectivity index (χ0) is 22.5. The number of sulfonamides is 2. The first-order chi connectivity index (χ1) is 14.7. The molecule has 1 aliphatic carbocycles. The second-order valence-electron chi connectivity index (χ2n) is 8.05. The quantitative estimate of drug-likeness (QED) is 0.525. The molecule has 1 atom stereocenters. The number of thioether (sulfide) groups is 1. The van der Waals surface area contributed by atoms with E-state index >= 15 is 0 Å². The lowest BCUT2D eigenvalue weighted by Crippen LogP contribution is -2.28. The number of rotatable bonds is 9. The third kappa shape index (κ3) is 6.89. The Morgan fingerprint density at radius 1 is 0.935 bits per heavy atom. The molecule has 2 aromatic rings. The Labute approximate surface area is 190 Å². The highest BCUT2D eigenvalue weighted by Crippen LogP contribution is 2.30. The third-order valence-corrected chi connectivity index (χ3v) is 10.3. The van der Waals surface area contributed by atoms with Crippen LogP contribution in [0.15, 0.2) is 53.4 Å². The van der Waals surface area contributed by atoms with Crippen molar-refractivity contribution < 1.29 is 16.8 Å². The van der Waals surface area contributed by atoms with Gasteiger partial charge in [-0.1, -0.05) is 43.0 Å². The molecule has 1 fully saturated rings. The molecule has 0 aliphatic heterocycles. The topological polar surface area (TPSA) is 92.3 Å². The summed E-state index contributed by atoms with van der Waals surface area (Å²) < 4.78 is 56.1. The van der Waals surface area contributed by atoms with Crippen molar-refractivity contribution in [3.8, 4) is 0 Å². The molecule has 3 rings (SSSR count). The fourth-order valence-electron chi connectivity index (χ4n) is 3.42. The second-order valence-corrected chi connectivity index (χ2v) is 13.2. The lowest BCUT2D eigenvalue weighted by Gasteiger charge is -2.23. The summed E-state index contributed by atoms with van der Waals surface area (Å²) in [6, 6.07) is 12.9. The van der Waals surface area contributed by atoms with Crippen molar-refractivity contribution in [2.45, 2.75) is 61.3 Å². The highest BCUT2D eigenvalue weighted by atomic mass is 32.2. The van der Waals surface area contributed by atoms with Crippen LogP contribution in [0.25, 0.3) is 0 Å². The molecule has 1 unspecified atom stereocenters. The summed E-state index contributed by atoms with van der Waals surface area (Å²) in [7, 11) is -7.46. The number of anilines is 2. The van der Waals surface area contributed by atoms with Crippen molar-refractivity contribution in [2.24, 2.45) is 0 Å². The van der Waals surface area contributed by atoms with Crippen molar-refractivity contribution in [2.75, 3.05) is 15.2 Å². The van der Waals surface area contributed by atoms with Crippen LogP contribution in [-0.4, -0.2) is 33.1 Å². The van der Waals surface area contributed by atoms with Gasteiger partial charge in [0.15, 0.2) is 0 Å². The predicted molar refractivity (Wildman–Crippen MR) is 130 cm³/mol. The minimum atomic E-state index is -3.84. The molecule has 2 aromatic carbocycles. The van der Waals surface area contributed by atoms with E-state index in [0.29, 0.717) is 16.7 Å². The molecule has 0 aromatic heterocycles. The predicted octanol–water partition coefficient (Wildman–Crippen LogP) is 4.99. The highest BCUT2D eigenvalue weighted by molar-refractivity contribution is 8.01. The van der Waals surface area contributed by atoms with Crippen molar-refractivity contribution in [3.63, 3.8) is 0 Å². The Bertz CT molecular complexity index is 1080. The first-order valence-electron chi connectivity index (χ1n) is 10.5. The van der Waals surface area contributed by atoms with E-state index < -0.39 is 25.3 Å². The van der Waals surface area contributed by atoms with Gasteiger partial charge in [-0.25, -0.2) is 16.8 Å². The van der Waals surface area contributed by atoms with Crippen molar-refractivity contribution >= 4 is 43.2 Å². The summed E-state index contributed by atoms with van der Waals surface area (Å²) >= 11 is 1.73. The molecule has 0 amide bonds. The largest absolute Gasteiger partial charge is 0.283 e. The summed E-state index contributed by atoms with van der Waals surface area (Å²) in [5.41, 5.74) is 1.71. The molecule has 0 heterocycles. The third-order valence-electron chi connectivity index (χ3n) is 5.36. The Morgan fingerprint density at radius 2 is 1.61 bits per heavy atom. The van der Waals surface area contributed by atoms with Crippen LogP contribution in [0, 0.1) is 6.92 Å². The lowest BCUT2D eigenvalue weighted by molar-refractivity contribution is 0.516. The molecule has 0 saturated heterocycles. The van der Waals surface area contributed by atoms with Crippen LogP contribution in [0.3, 0.4) is 0 Å².